The highest BCUT2D eigenvalue weighted by atomic mass is 15.2. The second-order valence-electron chi connectivity index (χ2n) is 4.19. The van der Waals surface area contributed by atoms with E-state index >= 15 is 0 Å². The number of rotatable bonds is 3. The van der Waals surface area contributed by atoms with Crippen LogP contribution in [-0.2, 0) is 0 Å². The van der Waals surface area contributed by atoms with Gasteiger partial charge in [0.25, 0.3) is 0 Å². The maximum absolute atomic E-state index is 2.68. The van der Waals surface area contributed by atoms with Crippen molar-refractivity contribution in [3.8, 4) is 0 Å². The van der Waals surface area contributed by atoms with Crippen LogP contribution in [0.2, 0.25) is 0 Å². The molecule has 0 aromatic carbocycles. The lowest BCUT2D eigenvalue weighted by molar-refractivity contribution is 0.131. The quantitative estimate of drug-likeness (QED) is 0.628. The zero-order valence-corrected chi connectivity index (χ0v) is 8.84. The van der Waals surface area contributed by atoms with E-state index in [4.69, 9.17) is 0 Å². The highest BCUT2D eigenvalue weighted by molar-refractivity contribution is 4.75. The summed E-state index contributed by atoms with van der Waals surface area (Å²) in [6, 6.07) is 0.859. The van der Waals surface area contributed by atoms with E-state index in [2.05, 4.69) is 25.7 Å². The molecule has 0 amide bonds. The molecule has 0 aromatic heterocycles. The Kier molecular flexibility index (Phi) is 4.07. The first-order chi connectivity index (χ1) is 5.77. The topological polar surface area (TPSA) is 3.24 Å². The Bertz CT molecular complexity index is 110. The van der Waals surface area contributed by atoms with Crippen molar-refractivity contribution in [1.29, 1.82) is 0 Å². The highest BCUT2D eigenvalue weighted by Gasteiger charge is 2.20. The van der Waals surface area contributed by atoms with Gasteiger partial charge < -0.3 is 4.90 Å². The van der Waals surface area contributed by atoms with Crippen molar-refractivity contribution in [2.75, 3.05) is 13.1 Å². The SMILES string of the molecule is CCC(CC)N1CCC(C)CC1. The molecule has 1 heterocycles. The summed E-state index contributed by atoms with van der Waals surface area (Å²) >= 11 is 0. The van der Waals surface area contributed by atoms with E-state index in [-0.39, 0.29) is 0 Å². The van der Waals surface area contributed by atoms with Crippen molar-refractivity contribution in [2.45, 2.75) is 52.5 Å². The summed E-state index contributed by atoms with van der Waals surface area (Å²) in [6.45, 7) is 9.68. The standard InChI is InChI=1S/C11H23N/c1-4-11(5-2)12-8-6-10(3)7-9-12/h10-11H,4-9H2,1-3H3. The van der Waals surface area contributed by atoms with Gasteiger partial charge in [-0.15, -0.1) is 0 Å². The van der Waals surface area contributed by atoms with Crippen LogP contribution in [-0.4, -0.2) is 24.0 Å². The van der Waals surface area contributed by atoms with Crippen LogP contribution in [0.1, 0.15) is 46.5 Å². The van der Waals surface area contributed by atoms with E-state index in [1.165, 1.54) is 38.8 Å². The molecule has 1 heteroatoms. The zero-order chi connectivity index (χ0) is 8.97. The summed E-state index contributed by atoms with van der Waals surface area (Å²) in [6.07, 6.45) is 5.47. The summed E-state index contributed by atoms with van der Waals surface area (Å²) in [5.41, 5.74) is 0. The molecule has 0 saturated carbocycles. The average molecular weight is 169 g/mol. The fraction of sp³-hybridized carbons (Fsp3) is 1.00. The molecule has 1 aliphatic rings. The lowest BCUT2D eigenvalue weighted by Crippen LogP contribution is -2.40. The third-order valence-electron chi connectivity index (χ3n) is 3.28. The van der Waals surface area contributed by atoms with Crippen LogP contribution in [0.5, 0.6) is 0 Å². The Morgan fingerprint density at radius 1 is 1.17 bits per heavy atom. The van der Waals surface area contributed by atoms with E-state index < -0.39 is 0 Å². The van der Waals surface area contributed by atoms with Crippen LogP contribution in [0.4, 0.5) is 0 Å². The summed E-state index contributed by atoms with van der Waals surface area (Å²) in [5.74, 6) is 0.968. The molecule has 1 fully saturated rings. The fourth-order valence-electron chi connectivity index (χ4n) is 2.20. The molecule has 72 valence electrons. The Balaban J connectivity index is 2.32. The molecule has 0 aromatic rings. The molecule has 1 rings (SSSR count). The molecule has 0 N–H and O–H groups in total. The highest BCUT2D eigenvalue weighted by Crippen LogP contribution is 2.20. The van der Waals surface area contributed by atoms with Gasteiger partial charge in [-0.1, -0.05) is 20.8 Å². The first-order valence-corrected chi connectivity index (χ1v) is 5.52. The van der Waals surface area contributed by atoms with Gasteiger partial charge in [0.2, 0.25) is 0 Å². The molecule has 0 atom stereocenters. The first-order valence-electron chi connectivity index (χ1n) is 5.52. The van der Waals surface area contributed by atoms with Crippen LogP contribution < -0.4 is 0 Å². The molecule has 0 bridgehead atoms. The van der Waals surface area contributed by atoms with Gasteiger partial charge in [-0.3, -0.25) is 0 Å². The van der Waals surface area contributed by atoms with Crippen LogP contribution >= 0.6 is 0 Å². The Labute approximate surface area is 77.1 Å². The summed E-state index contributed by atoms with van der Waals surface area (Å²) in [7, 11) is 0. The average Bonchev–Trinajstić information content (AvgIpc) is 2.10. The maximum Gasteiger partial charge on any atom is 0.00900 e. The van der Waals surface area contributed by atoms with Crippen molar-refractivity contribution in [2.24, 2.45) is 5.92 Å². The zero-order valence-electron chi connectivity index (χ0n) is 8.84. The first kappa shape index (κ1) is 10.0. The van der Waals surface area contributed by atoms with E-state index in [0.29, 0.717) is 0 Å². The van der Waals surface area contributed by atoms with Gasteiger partial charge in [0, 0.05) is 6.04 Å². The number of piperidine rings is 1. The Morgan fingerprint density at radius 2 is 1.67 bits per heavy atom. The normalized spacial score (nSPS) is 22.0. The minimum Gasteiger partial charge on any atom is -0.300 e. The van der Waals surface area contributed by atoms with Crippen LogP contribution in [0, 0.1) is 5.92 Å². The van der Waals surface area contributed by atoms with Gasteiger partial charge in [0.15, 0.2) is 0 Å². The molecule has 0 radical (unpaired) electrons. The maximum atomic E-state index is 2.68. The smallest absolute Gasteiger partial charge is 0.00900 e. The van der Waals surface area contributed by atoms with E-state index in [9.17, 15) is 0 Å². The monoisotopic (exact) mass is 169 g/mol. The third kappa shape index (κ3) is 2.48. The second-order valence-corrected chi connectivity index (χ2v) is 4.19. The lowest BCUT2D eigenvalue weighted by Gasteiger charge is -2.35. The number of hydrogen-bond acceptors (Lipinski definition) is 1. The summed E-state index contributed by atoms with van der Waals surface area (Å²) in [5, 5.41) is 0. The molecule has 1 aliphatic heterocycles. The van der Waals surface area contributed by atoms with Crippen molar-refractivity contribution >= 4 is 0 Å². The van der Waals surface area contributed by atoms with E-state index in [1.807, 2.05) is 0 Å². The van der Waals surface area contributed by atoms with Crippen LogP contribution in [0.15, 0.2) is 0 Å². The van der Waals surface area contributed by atoms with Gasteiger partial charge in [-0.05, 0) is 44.7 Å². The van der Waals surface area contributed by atoms with Crippen LogP contribution in [0.3, 0.4) is 0 Å². The molecule has 0 spiro atoms. The molecule has 0 aliphatic carbocycles. The third-order valence-corrected chi connectivity index (χ3v) is 3.28. The summed E-state index contributed by atoms with van der Waals surface area (Å²) in [4.78, 5) is 2.68. The minimum absolute atomic E-state index is 0.859. The predicted molar refractivity (Wildman–Crippen MR) is 54.3 cm³/mol. The Hall–Kier alpha value is -0.0400. The van der Waals surface area contributed by atoms with Crippen molar-refractivity contribution in [1.82, 2.24) is 4.90 Å². The van der Waals surface area contributed by atoms with E-state index in [1.54, 1.807) is 0 Å². The predicted octanol–water partition coefficient (Wildman–Crippen LogP) is 2.91. The van der Waals surface area contributed by atoms with Gasteiger partial charge in [0.05, 0.1) is 0 Å². The molecular formula is C11H23N. The van der Waals surface area contributed by atoms with Crippen molar-refractivity contribution in [3.05, 3.63) is 0 Å². The molecule has 1 saturated heterocycles. The van der Waals surface area contributed by atoms with Gasteiger partial charge in [0.1, 0.15) is 0 Å². The summed E-state index contributed by atoms with van der Waals surface area (Å²) < 4.78 is 0. The lowest BCUT2D eigenvalue weighted by atomic mass is 9.97. The van der Waals surface area contributed by atoms with Gasteiger partial charge in [-0.25, -0.2) is 0 Å². The van der Waals surface area contributed by atoms with Gasteiger partial charge >= 0.3 is 0 Å². The fourth-order valence-corrected chi connectivity index (χ4v) is 2.20. The van der Waals surface area contributed by atoms with Crippen molar-refractivity contribution < 1.29 is 0 Å². The molecule has 12 heavy (non-hydrogen) atoms. The number of nitrogens with zero attached hydrogens (tertiary/aromatic N) is 1. The largest absolute Gasteiger partial charge is 0.300 e. The Morgan fingerprint density at radius 3 is 2.08 bits per heavy atom. The minimum atomic E-state index is 0.859. The van der Waals surface area contributed by atoms with Crippen LogP contribution in [0.25, 0.3) is 0 Å². The molecule has 0 unspecified atom stereocenters. The molecular weight excluding hydrogens is 146 g/mol. The van der Waals surface area contributed by atoms with Crippen molar-refractivity contribution in [3.63, 3.8) is 0 Å². The number of hydrogen-bond donors (Lipinski definition) is 0. The van der Waals surface area contributed by atoms with Gasteiger partial charge in [-0.2, -0.15) is 0 Å². The second kappa shape index (κ2) is 4.86. The molecule has 1 nitrogen and oxygen atoms in total. The van der Waals surface area contributed by atoms with E-state index in [0.717, 1.165) is 12.0 Å². The number of likely N-dealkylation sites (tertiary alicyclic amines) is 1.